The summed E-state index contributed by atoms with van der Waals surface area (Å²) in [6.07, 6.45) is 2.95. The Hall–Kier alpha value is -2.28. The zero-order valence-electron chi connectivity index (χ0n) is 11.2. The predicted octanol–water partition coefficient (Wildman–Crippen LogP) is 1.27. The molecule has 0 spiro atoms. The second-order valence-electron chi connectivity index (χ2n) is 4.70. The molecule has 1 aliphatic rings. The molecule has 7 nitrogen and oxygen atoms in total. The third-order valence-corrected chi connectivity index (χ3v) is 3.55. The molecular formula is C13H14ClN5O2. The van der Waals surface area contributed by atoms with Crippen molar-refractivity contribution < 1.29 is 9.21 Å². The Morgan fingerprint density at radius 1 is 1.29 bits per heavy atom. The van der Waals surface area contributed by atoms with Crippen molar-refractivity contribution >= 4 is 29.3 Å². The number of rotatable bonds is 2. The van der Waals surface area contributed by atoms with Crippen LogP contribution in [0.15, 0.2) is 29.1 Å². The molecule has 2 N–H and O–H groups in total. The highest BCUT2D eigenvalue weighted by Gasteiger charge is 2.23. The van der Waals surface area contributed by atoms with Gasteiger partial charge >= 0.3 is 0 Å². The van der Waals surface area contributed by atoms with E-state index >= 15 is 0 Å². The predicted molar refractivity (Wildman–Crippen MR) is 78.3 cm³/mol. The highest BCUT2D eigenvalue weighted by atomic mass is 35.5. The Morgan fingerprint density at radius 2 is 2.05 bits per heavy atom. The fourth-order valence-corrected chi connectivity index (χ4v) is 2.48. The monoisotopic (exact) mass is 307 g/mol. The van der Waals surface area contributed by atoms with Gasteiger partial charge in [-0.1, -0.05) is 11.6 Å². The van der Waals surface area contributed by atoms with Gasteiger partial charge in [0.15, 0.2) is 0 Å². The smallest absolute Gasteiger partial charge is 0.257 e. The standard InChI is InChI=1S/C13H14ClN5O2/c14-10-7-11(17-13(15)16-10)18-2-4-19(5-3-18)12(20)9-1-6-21-8-9/h1,6-8H,2-5H2,(H2,15,16,17). The van der Waals surface area contributed by atoms with E-state index in [0.717, 1.165) is 0 Å². The van der Waals surface area contributed by atoms with Gasteiger partial charge in [0, 0.05) is 32.2 Å². The normalized spacial score (nSPS) is 15.3. The van der Waals surface area contributed by atoms with Crippen LogP contribution in [-0.2, 0) is 0 Å². The lowest BCUT2D eigenvalue weighted by atomic mass is 10.2. The molecule has 2 aromatic rings. The van der Waals surface area contributed by atoms with Gasteiger partial charge in [-0.3, -0.25) is 4.79 Å². The van der Waals surface area contributed by atoms with Crippen LogP contribution in [0.25, 0.3) is 0 Å². The molecule has 0 saturated carbocycles. The Labute approximate surface area is 126 Å². The van der Waals surface area contributed by atoms with Crippen LogP contribution in [0.1, 0.15) is 10.4 Å². The Kier molecular flexibility index (Phi) is 3.66. The summed E-state index contributed by atoms with van der Waals surface area (Å²) in [6, 6.07) is 3.34. The Bertz CT molecular complexity index is 618. The van der Waals surface area contributed by atoms with Crippen LogP contribution in [-0.4, -0.2) is 47.0 Å². The van der Waals surface area contributed by atoms with Crippen molar-refractivity contribution in [3.05, 3.63) is 35.4 Å². The van der Waals surface area contributed by atoms with Crippen molar-refractivity contribution in [2.45, 2.75) is 0 Å². The Balaban J connectivity index is 1.66. The third kappa shape index (κ3) is 2.92. The molecule has 1 fully saturated rings. The number of piperazine rings is 1. The van der Waals surface area contributed by atoms with Gasteiger partial charge in [-0.2, -0.15) is 4.98 Å². The van der Waals surface area contributed by atoms with Crippen molar-refractivity contribution in [3.63, 3.8) is 0 Å². The molecular weight excluding hydrogens is 294 g/mol. The van der Waals surface area contributed by atoms with Crippen LogP contribution in [0.4, 0.5) is 11.8 Å². The summed E-state index contributed by atoms with van der Waals surface area (Å²) in [5.74, 6) is 0.806. The number of nitrogens with two attached hydrogens (primary N) is 1. The van der Waals surface area contributed by atoms with Crippen LogP contribution in [0, 0.1) is 0 Å². The van der Waals surface area contributed by atoms with Gasteiger partial charge in [-0.25, -0.2) is 4.98 Å². The summed E-state index contributed by atoms with van der Waals surface area (Å²) >= 11 is 5.88. The van der Waals surface area contributed by atoms with E-state index < -0.39 is 0 Å². The fraction of sp³-hybridized carbons (Fsp3) is 0.308. The zero-order chi connectivity index (χ0) is 14.8. The molecule has 8 heteroatoms. The lowest BCUT2D eigenvalue weighted by Gasteiger charge is -2.35. The lowest BCUT2D eigenvalue weighted by molar-refractivity contribution is 0.0746. The summed E-state index contributed by atoms with van der Waals surface area (Å²) in [5, 5.41) is 0.314. The van der Waals surface area contributed by atoms with Crippen molar-refractivity contribution in [3.8, 4) is 0 Å². The van der Waals surface area contributed by atoms with E-state index in [1.807, 2.05) is 4.90 Å². The molecule has 0 radical (unpaired) electrons. The van der Waals surface area contributed by atoms with Crippen LogP contribution >= 0.6 is 11.6 Å². The highest BCUT2D eigenvalue weighted by Crippen LogP contribution is 2.19. The van der Waals surface area contributed by atoms with Crippen molar-refractivity contribution in [2.24, 2.45) is 0 Å². The molecule has 3 heterocycles. The van der Waals surface area contributed by atoms with Crippen LogP contribution in [0.2, 0.25) is 5.15 Å². The average molecular weight is 308 g/mol. The van der Waals surface area contributed by atoms with E-state index in [2.05, 4.69) is 9.97 Å². The van der Waals surface area contributed by atoms with Gasteiger partial charge in [-0.15, -0.1) is 0 Å². The zero-order valence-corrected chi connectivity index (χ0v) is 12.0. The van der Waals surface area contributed by atoms with E-state index in [0.29, 0.717) is 42.7 Å². The van der Waals surface area contributed by atoms with Gasteiger partial charge in [0.25, 0.3) is 5.91 Å². The van der Waals surface area contributed by atoms with E-state index in [9.17, 15) is 4.79 Å². The number of amides is 1. The number of furan rings is 1. The summed E-state index contributed by atoms with van der Waals surface area (Å²) in [6.45, 7) is 2.53. The van der Waals surface area contributed by atoms with Crippen LogP contribution in [0.3, 0.4) is 0 Å². The minimum atomic E-state index is -0.0244. The van der Waals surface area contributed by atoms with Gasteiger partial charge in [0.1, 0.15) is 17.2 Å². The SMILES string of the molecule is Nc1nc(Cl)cc(N2CCN(C(=O)c3ccoc3)CC2)n1. The van der Waals surface area contributed by atoms with E-state index in [-0.39, 0.29) is 11.9 Å². The maximum atomic E-state index is 12.2. The van der Waals surface area contributed by atoms with Crippen LogP contribution in [0.5, 0.6) is 0 Å². The molecule has 3 rings (SSSR count). The molecule has 0 unspecified atom stereocenters. The van der Waals surface area contributed by atoms with Gasteiger partial charge < -0.3 is 20.0 Å². The average Bonchev–Trinajstić information content (AvgIpc) is 3.00. The molecule has 1 aliphatic heterocycles. The highest BCUT2D eigenvalue weighted by molar-refractivity contribution is 6.29. The first kappa shape index (κ1) is 13.7. The first-order valence-electron chi connectivity index (χ1n) is 6.50. The minimum Gasteiger partial charge on any atom is -0.472 e. The Morgan fingerprint density at radius 3 is 2.67 bits per heavy atom. The fourth-order valence-electron chi connectivity index (χ4n) is 2.29. The molecule has 2 aromatic heterocycles. The maximum absolute atomic E-state index is 12.2. The third-order valence-electron chi connectivity index (χ3n) is 3.36. The molecule has 1 saturated heterocycles. The maximum Gasteiger partial charge on any atom is 0.257 e. The number of nitrogens with zero attached hydrogens (tertiary/aromatic N) is 4. The molecule has 0 bridgehead atoms. The number of hydrogen-bond acceptors (Lipinski definition) is 6. The number of aromatic nitrogens is 2. The summed E-state index contributed by atoms with van der Waals surface area (Å²) < 4.78 is 4.94. The van der Waals surface area contributed by atoms with E-state index in [1.165, 1.54) is 12.5 Å². The largest absolute Gasteiger partial charge is 0.472 e. The second-order valence-corrected chi connectivity index (χ2v) is 5.09. The first-order valence-corrected chi connectivity index (χ1v) is 6.88. The minimum absolute atomic E-state index is 0.0244. The molecule has 0 aromatic carbocycles. The van der Waals surface area contributed by atoms with Crippen LogP contribution < -0.4 is 10.6 Å². The summed E-state index contributed by atoms with van der Waals surface area (Å²) in [7, 11) is 0. The van der Waals surface area contributed by atoms with Crippen molar-refractivity contribution in [1.82, 2.24) is 14.9 Å². The molecule has 110 valence electrons. The van der Waals surface area contributed by atoms with Crippen molar-refractivity contribution in [2.75, 3.05) is 36.8 Å². The molecule has 0 atom stereocenters. The van der Waals surface area contributed by atoms with Crippen molar-refractivity contribution in [1.29, 1.82) is 0 Å². The summed E-state index contributed by atoms with van der Waals surface area (Å²) in [4.78, 5) is 24.0. The molecule has 1 amide bonds. The van der Waals surface area contributed by atoms with E-state index in [1.54, 1.807) is 17.0 Å². The number of anilines is 2. The first-order chi connectivity index (χ1) is 10.1. The number of halogens is 1. The van der Waals surface area contributed by atoms with E-state index in [4.69, 9.17) is 21.8 Å². The molecule has 0 aliphatic carbocycles. The molecule has 21 heavy (non-hydrogen) atoms. The van der Waals surface area contributed by atoms with Gasteiger partial charge in [0.2, 0.25) is 5.95 Å². The lowest BCUT2D eigenvalue weighted by Crippen LogP contribution is -2.49. The number of carbonyl (C=O) groups is 1. The quantitative estimate of drug-likeness (QED) is 0.841. The number of nitrogen functional groups attached to an aromatic ring is 1. The van der Waals surface area contributed by atoms with Gasteiger partial charge in [-0.05, 0) is 6.07 Å². The summed E-state index contributed by atoms with van der Waals surface area (Å²) in [5.41, 5.74) is 6.16. The number of carbonyl (C=O) groups excluding carboxylic acids is 1. The number of hydrogen-bond donors (Lipinski definition) is 1. The van der Waals surface area contributed by atoms with Gasteiger partial charge in [0.05, 0.1) is 11.8 Å². The second kappa shape index (κ2) is 5.61. The topological polar surface area (TPSA) is 88.5 Å².